The van der Waals surface area contributed by atoms with E-state index in [9.17, 15) is 35.9 Å². The van der Waals surface area contributed by atoms with E-state index in [0.717, 1.165) is 18.5 Å². The van der Waals surface area contributed by atoms with Crippen LogP contribution in [0.25, 0.3) is 0 Å². The van der Waals surface area contributed by atoms with Gasteiger partial charge in [-0.3, -0.25) is 9.59 Å². The predicted molar refractivity (Wildman–Crippen MR) is 130 cm³/mol. The Bertz CT molecular complexity index is 1250. The maximum atomic E-state index is 13.2. The van der Waals surface area contributed by atoms with E-state index in [1.807, 2.05) is 4.90 Å². The van der Waals surface area contributed by atoms with E-state index in [1.165, 1.54) is 0 Å². The second kappa shape index (κ2) is 11.9. The third-order valence-corrected chi connectivity index (χ3v) is 6.57. The Morgan fingerprint density at radius 1 is 1.23 bits per heavy atom. The molecule has 2 atom stereocenters. The van der Waals surface area contributed by atoms with Crippen LogP contribution in [0.2, 0.25) is 0 Å². The molecule has 2 aliphatic rings. The van der Waals surface area contributed by atoms with Gasteiger partial charge in [-0.2, -0.15) is 31.4 Å². The average Bonchev–Trinajstić information content (AvgIpc) is 3.05. The minimum atomic E-state index is -4.86. The van der Waals surface area contributed by atoms with Crippen molar-refractivity contribution in [2.45, 2.75) is 50.6 Å². The summed E-state index contributed by atoms with van der Waals surface area (Å²) in [6.45, 7) is 3.12. The number of rotatable bonds is 8. The number of ether oxygens (including phenoxy) is 2. The van der Waals surface area contributed by atoms with Gasteiger partial charge < -0.3 is 24.6 Å². The lowest BCUT2D eigenvalue weighted by Gasteiger charge is -2.41. The molecule has 10 nitrogen and oxygen atoms in total. The van der Waals surface area contributed by atoms with Gasteiger partial charge in [-0.25, -0.2) is 10.1 Å². The number of hydrogen-bond donors (Lipinski definition) is 2. The van der Waals surface area contributed by atoms with Crippen molar-refractivity contribution in [3.05, 3.63) is 39.9 Å². The monoisotopic (exact) mass is 578 g/mol. The summed E-state index contributed by atoms with van der Waals surface area (Å²) in [5, 5.41) is 7.75. The van der Waals surface area contributed by atoms with E-state index < -0.39 is 40.8 Å². The molecule has 0 aromatic carbocycles. The molecule has 4 rings (SSSR count). The molecule has 1 amide bonds. The van der Waals surface area contributed by atoms with Gasteiger partial charge in [-0.1, -0.05) is 0 Å². The fourth-order valence-electron chi connectivity index (χ4n) is 4.67. The van der Waals surface area contributed by atoms with Gasteiger partial charge in [-0.15, -0.1) is 0 Å². The number of pyridine rings is 1. The Balaban J connectivity index is 1.22. The first-order valence-electron chi connectivity index (χ1n) is 12.6. The molecule has 2 aromatic rings. The van der Waals surface area contributed by atoms with Gasteiger partial charge in [0.2, 0.25) is 5.91 Å². The van der Waals surface area contributed by atoms with E-state index in [4.69, 9.17) is 9.47 Å². The molecule has 2 N–H and O–H groups in total. The highest BCUT2D eigenvalue weighted by molar-refractivity contribution is 5.76. The van der Waals surface area contributed by atoms with E-state index in [2.05, 4.69) is 15.4 Å². The molecule has 0 saturated carbocycles. The standard InChI is InChI=1S/C24H28F6N6O4/c1-14(33-17-11-32-34-22(38)20(17)24(28,29)30)13-39-7-2-3-19(37)35-5-6-36-16(12-35)4-8-40-18-9-15(23(25,26)27)10-31-21(18)36/h9-11,14,16H,2-8,12-13H2,1H3,(H2,33,34,38). The van der Waals surface area contributed by atoms with Crippen molar-refractivity contribution in [2.75, 3.05) is 49.7 Å². The van der Waals surface area contributed by atoms with Gasteiger partial charge in [0.05, 0.1) is 36.7 Å². The molecule has 2 unspecified atom stereocenters. The molecule has 40 heavy (non-hydrogen) atoms. The summed E-state index contributed by atoms with van der Waals surface area (Å²) < 4.78 is 89.7. The van der Waals surface area contributed by atoms with Crippen LogP contribution in [0.4, 0.5) is 37.8 Å². The van der Waals surface area contributed by atoms with Crippen LogP contribution in [-0.4, -0.2) is 77.5 Å². The zero-order valence-electron chi connectivity index (χ0n) is 21.4. The van der Waals surface area contributed by atoms with Gasteiger partial charge >= 0.3 is 12.4 Å². The summed E-state index contributed by atoms with van der Waals surface area (Å²) >= 11 is 0. The predicted octanol–water partition coefficient (Wildman–Crippen LogP) is 3.30. The van der Waals surface area contributed by atoms with Gasteiger partial charge in [0, 0.05) is 51.3 Å². The maximum absolute atomic E-state index is 13.2. The highest BCUT2D eigenvalue weighted by atomic mass is 19.4. The average molecular weight is 579 g/mol. The van der Waals surface area contributed by atoms with Crippen molar-refractivity contribution < 1.29 is 40.6 Å². The number of aromatic amines is 1. The molecular weight excluding hydrogens is 550 g/mol. The van der Waals surface area contributed by atoms with E-state index in [-0.39, 0.29) is 43.9 Å². The number of H-pyrrole nitrogens is 1. The normalized spacial score (nSPS) is 18.3. The van der Waals surface area contributed by atoms with E-state index in [0.29, 0.717) is 38.3 Å². The number of fused-ring (bicyclic) bond motifs is 3. The van der Waals surface area contributed by atoms with Crippen molar-refractivity contribution in [3.8, 4) is 5.75 Å². The second-order valence-electron chi connectivity index (χ2n) is 9.58. The van der Waals surface area contributed by atoms with Crippen LogP contribution in [-0.2, 0) is 21.9 Å². The minimum absolute atomic E-state index is 0.0293. The summed E-state index contributed by atoms with van der Waals surface area (Å²) in [5.74, 6) is 0.296. The second-order valence-corrected chi connectivity index (χ2v) is 9.58. The molecule has 2 aromatic heterocycles. The third-order valence-electron chi connectivity index (χ3n) is 6.57. The van der Waals surface area contributed by atoms with Crippen molar-refractivity contribution in [2.24, 2.45) is 0 Å². The Hall–Kier alpha value is -3.56. The molecule has 1 saturated heterocycles. The zero-order valence-corrected chi connectivity index (χ0v) is 21.4. The molecule has 0 bridgehead atoms. The number of piperazine rings is 1. The third kappa shape index (κ3) is 6.95. The number of carbonyl (C=O) groups is 1. The molecule has 0 spiro atoms. The molecule has 4 heterocycles. The topological polar surface area (TPSA) is 113 Å². The van der Waals surface area contributed by atoms with Crippen LogP contribution in [0, 0.1) is 0 Å². The first-order chi connectivity index (χ1) is 18.8. The van der Waals surface area contributed by atoms with Crippen molar-refractivity contribution in [3.63, 3.8) is 0 Å². The van der Waals surface area contributed by atoms with Crippen LogP contribution in [0.5, 0.6) is 5.75 Å². The lowest BCUT2D eigenvalue weighted by Crippen LogP contribution is -2.55. The number of aromatic nitrogens is 3. The number of hydrogen-bond acceptors (Lipinski definition) is 8. The number of carbonyl (C=O) groups excluding carboxylic acids is 1. The number of anilines is 2. The molecule has 2 aliphatic heterocycles. The molecule has 1 fully saturated rings. The quantitative estimate of drug-likeness (QED) is 0.363. The summed E-state index contributed by atoms with van der Waals surface area (Å²) in [6, 6.07) is 0.215. The van der Waals surface area contributed by atoms with Gasteiger partial charge in [0.15, 0.2) is 11.6 Å². The molecule has 0 radical (unpaired) electrons. The summed E-state index contributed by atoms with van der Waals surface area (Å²) in [4.78, 5) is 31.9. The fraction of sp³-hybridized carbons (Fsp3) is 0.583. The van der Waals surface area contributed by atoms with Crippen LogP contribution >= 0.6 is 0 Å². The van der Waals surface area contributed by atoms with Gasteiger partial charge in [0.25, 0.3) is 5.56 Å². The Morgan fingerprint density at radius 2 is 2.00 bits per heavy atom. The maximum Gasteiger partial charge on any atom is 0.423 e. The zero-order chi connectivity index (χ0) is 29.1. The lowest BCUT2D eigenvalue weighted by molar-refractivity contribution is -0.138. The van der Waals surface area contributed by atoms with Crippen LogP contribution < -0.4 is 20.5 Å². The van der Waals surface area contributed by atoms with Crippen LogP contribution in [0.1, 0.15) is 37.3 Å². The first kappa shape index (κ1) is 29.4. The number of halogens is 6. The first-order valence-corrected chi connectivity index (χ1v) is 12.6. The van der Waals surface area contributed by atoms with Gasteiger partial charge in [-0.05, 0) is 19.4 Å². The van der Waals surface area contributed by atoms with E-state index in [1.54, 1.807) is 16.9 Å². The number of nitrogens with zero attached hydrogens (tertiary/aromatic N) is 4. The molecular formula is C24H28F6N6O4. The summed E-state index contributed by atoms with van der Waals surface area (Å²) in [7, 11) is 0. The largest absolute Gasteiger partial charge is 0.490 e. The Morgan fingerprint density at radius 3 is 2.73 bits per heavy atom. The van der Waals surface area contributed by atoms with Crippen molar-refractivity contribution in [1.82, 2.24) is 20.1 Å². The van der Waals surface area contributed by atoms with Crippen LogP contribution in [0.15, 0.2) is 23.3 Å². The van der Waals surface area contributed by atoms with Crippen molar-refractivity contribution >= 4 is 17.4 Å². The lowest BCUT2D eigenvalue weighted by atomic mass is 10.1. The Kier molecular flexibility index (Phi) is 8.75. The van der Waals surface area contributed by atoms with E-state index >= 15 is 0 Å². The smallest absolute Gasteiger partial charge is 0.423 e. The molecule has 220 valence electrons. The highest BCUT2D eigenvalue weighted by Gasteiger charge is 2.38. The number of nitrogens with one attached hydrogen (secondary N) is 2. The number of amides is 1. The fourth-order valence-corrected chi connectivity index (χ4v) is 4.67. The van der Waals surface area contributed by atoms with Gasteiger partial charge in [0.1, 0.15) is 5.56 Å². The Labute approximate surface area is 224 Å². The van der Waals surface area contributed by atoms with Crippen molar-refractivity contribution in [1.29, 1.82) is 0 Å². The summed E-state index contributed by atoms with van der Waals surface area (Å²) in [5.41, 5.74) is -4.06. The summed E-state index contributed by atoms with van der Waals surface area (Å²) in [6.07, 6.45) is -6.65. The highest BCUT2D eigenvalue weighted by Crippen LogP contribution is 2.38. The number of alkyl halides is 6. The van der Waals surface area contributed by atoms with Crippen LogP contribution in [0.3, 0.4) is 0 Å². The molecule has 0 aliphatic carbocycles. The minimum Gasteiger partial charge on any atom is -0.490 e. The molecule has 16 heteroatoms. The SMILES string of the molecule is CC(COCCCC(=O)N1CCN2c3ncc(C(F)(F)F)cc3OCCC2C1)Nc1cn[nH]c(=O)c1C(F)(F)F.